The lowest BCUT2D eigenvalue weighted by Crippen LogP contribution is -1.91. The van der Waals surface area contributed by atoms with Crippen molar-refractivity contribution in [1.29, 1.82) is 5.26 Å². The van der Waals surface area contributed by atoms with Crippen LogP contribution in [-0.2, 0) is 13.2 Å². The van der Waals surface area contributed by atoms with Crippen LogP contribution in [0.4, 0.5) is 0 Å². The summed E-state index contributed by atoms with van der Waals surface area (Å²) >= 11 is 0. The van der Waals surface area contributed by atoms with Gasteiger partial charge in [-0.25, -0.2) is 0 Å². The lowest BCUT2D eigenvalue weighted by Gasteiger charge is -1.96. The second kappa shape index (κ2) is 3.52. The number of rotatable bonds is 2. The Hall–Kier alpha value is -1.79. The van der Waals surface area contributed by atoms with E-state index in [1.54, 1.807) is 0 Å². The van der Waals surface area contributed by atoms with Crippen molar-refractivity contribution in [3.8, 4) is 6.07 Å². The quantitative estimate of drug-likeness (QED) is 0.775. The van der Waals surface area contributed by atoms with Crippen LogP contribution in [0.25, 0.3) is 10.9 Å². The van der Waals surface area contributed by atoms with Crippen molar-refractivity contribution in [2.75, 3.05) is 0 Å². The maximum absolute atomic E-state index is 9.12. The van der Waals surface area contributed by atoms with Crippen LogP contribution in [0, 0.1) is 11.3 Å². The van der Waals surface area contributed by atoms with Gasteiger partial charge in [0, 0.05) is 22.7 Å². The molecule has 1 aromatic heterocycles. The number of benzene rings is 1. The smallest absolute Gasteiger partial charge is 0.110 e. The Morgan fingerprint density at radius 1 is 1.36 bits per heavy atom. The van der Waals surface area contributed by atoms with Gasteiger partial charge < -0.3 is 9.67 Å². The summed E-state index contributed by atoms with van der Waals surface area (Å²) in [5.74, 6) is 0. The number of nitriles is 1. The number of aromatic nitrogens is 1. The van der Waals surface area contributed by atoms with Crippen LogP contribution in [0.1, 0.15) is 5.56 Å². The molecule has 0 spiro atoms. The molecule has 0 radical (unpaired) electrons. The van der Waals surface area contributed by atoms with Gasteiger partial charge in [-0.1, -0.05) is 18.2 Å². The molecule has 1 aromatic carbocycles. The first kappa shape index (κ1) is 8.79. The third-order valence-electron chi connectivity index (χ3n) is 2.28. The van der Waals surface area contributed by atoms with Crippen LogP contribution in [0.2, 0.25) is 0 Å². The molecule has 0 unspecified atom stereocenters. The highest BCUT2D eigenvalue weighted by Gasteiger charge is 2.05. The van der Waals surface area contributed by atoms with E-state index in [2.05, 4.69) is 6.07 Å². The lowest BCUT2D eigenvalue weighted by molar-refractivity contribution is 0.283. The minimum Gasteiger partial charge on any atom is -0.392 e. The molecule has 0 atom stereocenters. The van der Waals surface area contributed by atoms with Crippen molar-refractivity contribution in [2.24, 2.45) is 0 Å². The van der Waals surface area contributed by atoms with Gasteiger partial charge in [-0.3, -0.25) is 0 Å². The zero-order chi connectivity index (χ0) is 9.97. The fraction of sp³-hybridized carbons (Fsp3) is 0.182. The van der Waals surface area contributed by atoms with Gasteiger partial charge in [0.15, 0.2) is 0 Å². The average molecular weight is 186 g/mol. The second-order valence-corrected chi connectivity index (χ2v) is 3.12. The summed E-state index contributed by atoms with van der Waals surface area (Å²) in [5.41, 5.74) is 1.87. The highest BCUT2D eigenvalue weighted by atomic mass is 16.3. The highest BCUT2D eigenvalue weighted by molar-refractivity contribution is 5.83. The Morgan fingerprint density at radius 2 is 2.14 bits per heavy atom. The van der Waals surface area contributed by atoms with Gasteiger partial charge in [0.05, 0.1) is 12.7 Å². The van der Waals surface area contributed by atoms with Gasteiger partial charge in [-0.15, -0.1) is 0 Å². The molecule has 1 N–H and O–H groups in total. The lowest BCUT2D eigenvalue weighted by atomic mass is 10.2. The third-order valence-corrected chi connectivity index (χ3v) is 2.28. The van der Waals surface area contributed by atoms with Crippen molar-refractivity contribution in [1.82, 2.24) is 4.57 Å². The van der Waals surface area contributed by atoms with E-state index in [4.69, 9.17) is 10.4 Å². The van der Waals surface area contributed by atoms with Crippen molar-refractivity contribution in [2.45, 2.75) is 13.2 Å². The predicted octanol–water partition coefficient (Wildman–Crippen LogP) is 1.66. The van der Waals surface area contributed by atoms with Crippen molar-refractivity contribution in [3.63, 3.8) is 0 Å². The Labute approximate surface area is 81.8 Å². The van der Waals surface area contributed by atoms with Crippen LogP contribution >= 0.6 is 0 Å². The third kappa shape index (κ3) is 1.26. The SMILES string of the molecule is N#CCn1cc(CO)c2ccccc21. The molecular weight excluding hydrogens is 176 g/mol. The van der Waals surface area contributed by atoms with Gasteiger partial charge in [0.1, 0.15) is 6.54 Å². The van der Waals surface area contributed by atoms with E-state index in [0.29, 0.717) is 6.54 Å². The first-order valence-electron chi connectivity index (χ1n) is 4.41. The van der Waals surface area contributed by atoms with Crippen LogP contribution < -0.4 is 0 Å². The monoisotopic (exact) mass is 186 g/mol. The van der Waals surface area contributed by atoms with Crippen LogP contribution in [0.5, 0.6) is 0 Å². The predicted molar refractivity (Wildman–Crippen MR) is 53.5 cm³/mol. The number of aliphatic hydroxyl groups is 1. The topological polar surface area (TPSA) is 49.0 Å². The summed E-state index contributed by atoms with van der Waals surface area (Å²) < 4.78 is 1.85. The maximum atomic E-state index is 9.12. The molecule has 2 aromatic rings. The maximum Gasteiger partial charge on any atom is 0.110 e. The molecule has 0 saturated heterocycles. The molecule has 0 aliphatic rings. The summed E-state index contributed by atoms with van der Waals surface area (Å²) in [5, 5.41) is 18.8. The van der Waals surface area contributed by atoms with Gasteiger partial charge >= 0.3 is 0 Å². The Bertz CT molecular complexity index is 493. The largest absolute Gasteiger partial charge is 0.392 e. The van der Waals surface area contributed by atoms with Crippen molar-refractivity contribution >= 4 is 10.9 Å². The van der Waals surface area contributed by atoms with Crippen LogP contribution in [0.15, 0.2) is 30.5 Å². The first-order valence-corrected chi connectivity index (χ1v) is 4.41. The Balaban J connectivity index is 2.68. The molecule has 14 heavy (non-hydrogen) atoms. The molecule has 2 rings (SSSR count). The van der Waals surface area contributed by atoms with Gasteiger partial charge in [0.2, 0.25) is 0 Å². The molecule has 0 aliphatic carbocycles. The summed E-state index contributed by atoms with van der Waals surface area (Å²) in [6, 6.07) is 9.85. The number of nitrogens with zero attached hydrogens (tertiary/aromatic N) is 2. The minimum absolute atomic E-state index is 0.0128. The number of hydrogen-bond acceptors (Lipinski definition) is 2. The van der Waals surface area contributed by atoms with E-state index in [1.165, 1.54) is 0 Å². The van der Waals surface area contributed by atoms with E-state index in [-0.39, 0.29) is 6.61 Å². The molecule has 3 heteroatoms. The van der Waals surface area contributed by atoms with E-state index < -0.39 is 0 Å². The molecule has 1 heterocycles. The number of hydrogen-bond donors (Lipinski definition) is 1. The normalized spacial score (nSPS) is 10.3. The minimum atomic E-state index is 0.0128. The number of para-hydroxylation sites is 1. The highest BCUT2D eigenvalue weighted by Crippen LogP contribution is 2.20. The van der Waals surface area contributed by atoms with E-state index in [9.17, 15) is 0 Å². The van der Waals surface area contributed by atoms with Gasteiger partial charge in [-0.05, 0) is 6.07 Å². The average Bonchev–Trinajstić information content (AvgIpc) is 2.58. The first-order chi connectivity index (χ1) is 6.86. The van der Waals surface area contributed by atoms with Gasteiger partial charge in [-0.2, -0.15) is 5.26 Å². The summed E-state index contributed by atoms with van der Waals surface area (Å²) in [7, 11) is 0. The molecular formula is C11H10N2O. The van der Waals surface area contributed by atoms with Crippen molar-refractivity contribution in [3.05, 3.63) is 36.0 Å². The van der Waals surface area contributed by atoms with Crippen LogP contribution in [-0.4, -0.2) is 9.67 Å². The second-order valence-electron chi connectivity index (χ2n) is 3.12. The zero-order valence-electron chi connectivity index (χ0n) is 7.64. The fourth-order valence-electron chi connectivity index (χ4n) is 1.66. The number of aliphatic hydroxyl groups excluding tert-OH is 1. The van der Waals surface area contributed by atoms with Gasteiger partial charge in [0.25, 0.3) is 0 Å². The Morgan fingerprint density at radius 3 is 2.86 bits per heavy atom. The van der Waals surface area contributed by atoms with Crippen LogP contribution in [0.3, 0.4) is 0 Å². The van der Waals surface area contributed by atoms with E-state index in [1.807, 2.05) is 35.0 Å². The van der Waals surface area contributed by atoms with Crippen molar-refractivity contribution < 1.29 is 5.11 Å². The molecule has 0 aliphatic heterocycles. The molecule has 70 valence electrons. The Kier molecular flexibility index (Phi) is 2.21. The molecule has 0 bridgehead atoms. The summed E-state index contributed by atoms with van der Waals surface area (Å²) in [6.07, 6.45) is 1.83. The zero-order valence-corrected chi connectivity index (χ0v) is 7.64. The van der Waals surface area contributed by atoms with E-state index in [0.717, 1.165) is 16.5 Å². The summed E-state index contributed by atoms with van der Waals surface area (Å²) in [4.78, 5) is 0. The van der Waals surface area contributed by atoms with E-state index >= 15 is 0 Å². The standard InChI is InChI=1S/C11H10N2O/c12-5-6-13-7-9(8-14)10-3-1-2-4-11(10)13/h1-4,7,14H,6,8H2. The molecule has 0 amide bonds. The fourth-order valence-corrected chi connectivity index (χ4v) is 1.66. The summed E-state index contributed by atoms with van der Waals surface area (Å²) in [6.45, 7) is 0.333. The molecule has 0 fully saturated rings. The molecule has 3 nitrogen and oxygen atoms in total. The number of fused-ring (bicyclic) bond motifs is 1. The molecule has 0 saturated carbocycles.